The van der Waals surface area contributed by atoms with Gasteiger partial charge in [-0.15, -0.1) is 17.9 Å². The molecule has 0 atom stereocenters. The summed E-state index contributed by atoms with van der Waals surface area (Å²) < 4.78 is 7.67. The van der Waals surface area contributed by atoms with Crippen molar-refractivity contribution in [2.45, 2.75) is 20.3 Å². The molecule has 0 aliphatic carbocycles. The van der Waals surface area contributed by atoms with Crippen LogP contribution in [-0.4, -0.2) is 0 Å². The Balaban J connectivity index is 1.40. The number of rotatable bonds is 7. The van der Waals surface area contributed by atoms with E-state index in [9.17, 15) is 0 Å². The first kappa shape index (κ1) is 30.6. The van der Waals surface area contributed by atoms with Gasteiger partial charge in [0.25, 0.3) is 0 Å². The van der Waals surface area contributed by atoms with Crippen LogP contribution in [-0.2, 0) is 6.42 Å². The van der Waals surface area contributed by atoms with Gasteiger partial charge in [-0.05, 0) is 105 Å². The van der Waals surface area contributed by atoms with Gasteiger partial charge in [0, 0.05) is 25.8 Å². The highest BCUT2D eigenvalue weighted by Crippen LogP contribution is 2.45. The van der Waals surface area contributed by atoms with Crippen molar-refractivity contribution in [3.05, 3.63) is 173 Å². The fraction of sp³-hybridized carbons (Fsp3) is 0.0638. The number of allylic oxidation sites excluding steroid dienone is 3. The minimum atomic E-state index is 0.751. The zero-order chi connectivity index (χ0) is 33.5. The Hall–Kier alpha value is -5.70. The highest BCUT2D eigenvalue weighted by molar-refractivity contribution is 7.20. The average Bonchev–Trinajstić information content (AvgIpc) is 3.73. The maximum absolute atomic E-state index is 6.44. The van der Waals surface area contributed by atoms with Gasteiger partial charge in [0.15, 0.2) is 0 Å². The van der Waals surface area contributed by atoms with Gasteiger partial charge < -0.3 is 4.42 Å². The summed E-state index contributed by atoms with van der Waals surface area (Å²) in [6.07, 6.45) is 11.3. The molecule has 0 amide bonds. The summed E-state index contributed by atoms with van der Waals surface area (Å²) in [5.74, 6) is 0. The van der Waals surface area contributed by atoms with E-state index in [1.807, 2.05) is 24.3 Å². The molecule has 0 saturated heterocycles. The largest absolute Gasteiger partial charge is 0.455 e. The Morgan fingerprint density at radius 1 is 0.714 bits per heavy atom. The molecule has 2 aromatic heterocycles. The third kappa shape index (κ3) is 5.08. The Morgan fingerprint density at radius 2 is 1.43 bits per heavy atom. The highest BCUT2D eigenvalue weighted by atomic mass is 32.1. The molecule has 0 bridgehead atoms. The molecule has 0 spiro atoms. The number of hydrogen-bond donors (Lipinski definition) is 0. The van der Waals surface area contributed by atoms with Crippen molar-refractivity contribution in [2.24, 2.45) is 0 Å². The maximum Gasteiger partial charge on any atom is 0.143 e. The number of hydrogen-bond acceptors (Lipinski definition) is 2. The average molecular weight is 649 g/mol. The van der Waals surface area contributed by atoms with E-state index >= 15 is 0 Å². The van der Waals surface area contributed by atoms with Gasteiger partial charge >= 0.3 is 0 Å². The van der Waals surface area contributed by atoms with Crippen LogP contribution >= 0.6 is 11.3 Å². The molecule has 2 heterocycles. The highest BCUT2D eigenvalue weighted by Gasteiger charge is 2.21. The van der Waals surface area contributed by atoms with E-state index in [2.05, 4.69) is 148 Å². The van der Waals surface area contributed by atoms with Crippen molar-refractivity contribution in [3.8, 4) is 22.3 Å². The Kier molecular flexibility index (Phi) is 7.95. The number of benzene rings is 6. The molecule has 8 rings (SSSR count). The number of fused-ring (bicyclic) bond motifs is 4. The topological polar surface area (TPSA) is 13.1 Å². The molecule has 0 aliphatic rings. The van der Waals surface area contributed by atoms with Crippen LogP contribution in [0.25, 0.3) is 82.6 Å². The molecule has 2 heteroatoms. The summed E-state index contributed by atoms with van der Waals surface area (Å²) in [6, 6.07) is 41.6. The molecule has 0 N–H and O–H groups in total. The Labute approximate surface area is 290 Å². The molecule has 236 valence electrons. The summed E-state index contributed by atoms with van der Waals surface area (Å²) >= 11 is 1.78. The predicted octanol–water partition coefficient (Wildman–Crippen LogP) is 12.2. The smallest absolute Gasteiger partial charge is 0.143 e. The Morgan fingerprint density at radius 3 is 2.18 bits per heavy atom. The summed E-state index contributed by atoms with van der Waals surface area (Å²) in [4.78, 5) is 1.14. The van der Waals surface area contributed by atoms with Crippen molar-refractivity contribution < 1.29 is 4.42 Å². The first-order valence-corrected chi connectivity index (χ1v) is 17.6. The van der Waals surface area contributed by atoms with Gasteiger partial charge in [-0.3, -0.25) is 0 Å². The van der Waals surface area contributed by atoms with Crippen LogP contribution in [0.5, 0.6) is 0 Å². The second-order valence-corrected chi connectivity index (χ2v) is 13.4. The fourth-order valence-electron chi connectivity index (χ4n) is 7.47. The number of thiophene rings is 1. The zero-order valence-corrected chi connectivity index (χ0v) is 28.6. The molecule has 0 unspecified atom stereocenters. The molecule has 1 nitrogen and oxygen atoms in total. The molecular formula is C47H36OS. The number of para-hydroxylation sites is 1. The predicted molar refractivity (Wildman–Crippen MR) is 215 cm³/mol. The van der Waals surface area contributed by atoms with Crippen molar-refractivity contribution in [2.75, 3.05) is 0 Å². The quantitative estimate of drug-likeness (QED) is 0.157. The van der Waals surface area contributed by atoms with Gasteiger partial charge in [-0.25, -0.2) is 0 Å². The van der Waals surface area contributed by atoms with E-state index in [0.717, 1.165) is 38.5 Å². The lowest BCUT2D eigenvalue weighted by atomic mass is 9.81. The summed E-state index contributed by atoms with van der Waals surface area (Å²) in [5.41, 5.74) is 10.3. The minimum Gasteiger partial charge on any atom is -0.455 e. The standard InChI is InChI=1S/C47H36OS/c1-5-16-37-38(17-6-2)46(39-24-15-19-30-18-9-10-20-35(30)39)41-23-12-11-22-40(41)45(37)31-26-27-43-32(28-31)29-44(49-43)34(8-4)47-33(7-3)36-21-13-14-25-42(36)48-47/h5-15,17-29H,1,4,16H2,2-3H3/b17-6-,33-7-,47-34-. The second kappa shape index (κ2) is 12.7. The van der Waals surface area contributed by atoms with Gasteiger partial charge in [0.1, 0.15) is 11.0 Å². The van der Waals surface area contributed by atoms with Gasteiger partial charge in [-0.1, -0.05) is 128 Å². The first-order chi connectivity index (χ1) is 24.1. The van der Waals surface area contributed by atoms with Crippen molar-refractivity contribution >= 4 is 71.7 Å². The summed E-state index contributed by atoms with van der Waals surface area (Å²) in [7, 11) is 0. The Bertz CT molecular complexity index is 2740. The zero-order valence-electron chi connectivity index (χ0n) is 27.8. The van der Waals surface area contributed by atoms with Crippen molar-refractivity contribution in [1.29, 1.82) is 0 Å². The van der Waals surface area contributed by atoms with Gasteiger partial charge in [-0.2, -0.15) is 0 Å². The van der Waals surface area contributed by atoms with E-state index in [-0.39, 0.29) is 0 Å². The van der Waals surface area contributed by atoms with E-state index < -0.39 is 0 Å². The molecule has 0 saturated carbocycles. The SMILES string of the molecule is C=CCc1c(/C=C\C)c(-c2cccc3ccccc23)c2ccccc2c1-c1ccc2sc(/C(C=C)=c3\oc4ccccc4\c3=C\C)cc2c1. The second-order valence-electron chi connectivity index (χ2n) is 12.3. The third-order valence-electron chi connectivity index (χ3n) is 9.54. The van der Waals surface area contributed by atoms with E-state index in [1.165, 1.54) is 65.0 Å². The lowest BCUT2D eigenvalue weighted by molar-refractivity contribution is 0.573. The van der Waals surface area contributed by atoms with Crippen LogP contribution in [0.2, 0.25) is 0 Å². The fourth-order valence-corrected chi connectivity index (χ4v) is 8.55. The van der Waals surface area contributed by atoms with E-state index in [0.29, 0.717) is 0 Å². The lowest BCUT2D eigenvalue weighted by Gasteiger charge is -2.22. The normalized spacial score (nSPS) is 12.9. The van der Waals surface area contributed by atoms with Crippen LogP contribution in [0, 0.1) is 0 Å². The molecule has 8 aromatic rings. The third-order valence-corrected chi connectivity index (χ3v) is 10.7. The minimum absolute atomic E-state index is 0.751. The van der Waals surface area contributed by atoms with Crippen LogP contribution in [0.15, 0.2) is 151 Å². The van der Waals surface area contributed by atoms with Gasteiger partial charge in [0.05, 0.1) is 0 Å². The van der Waals surface area contributed by atoms with Crippen LogP contribution in [0.1, 0.15) is 29.9 Å². The summed E-state index contributed by atoms with van der Waals surface area (Å²) in [5, 5.41) is 8.42. The van der Waals surface area contributed by atoms with Crippen LogP contribution in [0.3, 0.4) is 0 Å². The first-order valence-electron chi connectivity index (χ1n) is 16.8. The maximum atomic E-state index is 6.44. The molecular weight excluding hydrogens is 613 g/mol. The molecule has 0 radical (unpaired) electrons. The van der Waals surface area contributed by atoms with Crippen LogP contribution in [0.4, 0.5) is 0 Å². The van der Waals surface area contributed by atoms with Crippen molar-refractivity contribution in [3.63, 3.8) is 0 Å². The molecule has 49 heavy (non-hydrogen) atoms. The number of furan rings is 1. The molecule has 0 fully saturated rings. The summed E-state index contributed by atoms with van der Waals surface area (Å²) in [6.45, 7) is 12.6. The lowest BCUT2D eigenvalue weighted by Crippen LogP contribution is -2.22. The van der Waals surface area contributed by atoms with Crippen LogP contribution < -0.4 is 10.6 Å². The van der Waals surface area contributed by atoms with Gasteiger partial charge in [0.2, 0.25) is 0 Å². The molecule has 6 aromatic carbocycles. The van der Waals surface area contributed by atoms with E-state index in [4.69, 9.17) is 4.42 Å². The molecule has 0 aliphatic heterocycles. The van der Waals surface area contributed by atoms with E-state index in [1.54, 1.807) is 11.3 Å². The monoisotopic (exact) mass is 648 g/mol. The van der Waals surface area contributed by atoms with Crippen molar-refractivity contribution in [1.82, 2.24) is 0 Å².